The zero-order valence-corrected chi connectivity index (χ0v) is 27.5. The Bertz CT molecular complexity index is 2910. The van der Waals surface area contributed by atoms with Gasteiger partial charge in [0.05, 0.1) is 0 Å². The number of fused-ring (bicyclic) bond motifs is 5. The predicted octanol–water partition coefficient (Wildman–Crippen LogP) is 12.4. The monoisotopic (exact) mass is 651 g/mol. The van der Waals surface area contributed by atoms with Gasteiger partial charge < -0.3 is 4.42 Å². The standard InChI is InChI=1S/C47H29N3O/c1-3-14-30(15-4-1)36-27-32-18-7-9-22-37(32)40(28-36)33-20-13-21-35(26-33)46-48-45(31-16-5-2-6-17-31)49-47(50-46)44-38-23-10-8-19-34(38)29-42-43(44)39-24-11-12-25-41(39)51-42/h1-29H. The summed E-state index contributed by atoms with van der Waals surface area (Å²) >= 11 is 0. The number of aromatic nitrogens is 3. The fraction of sp³-hybridized carbons (Fsp3) is 0. The molecule has 0 radical (unpaired) electrons. The van der Waals surface area contributed by atoms with Crippen molar-refractivity contribution in [2.24, 2.45) is 0 Å². The molecule has 0 aliphatic carbocycles. The fourth-order valence-corrected chi connectivity index (χ4v) is 7.29. The molecule has 0 saturated carbocycles. The fourth-order valence-electron chi connectivity index (χ4n) is 7.29. The molecule has 0 saturated heterocycles. The van der Waals surface area contributed by atoms with Crippen LogP contribution in [0.3, 0.4) is 0 Å². The maximum Gasteiger partial charge on any atom is 0.165 e. The molecule has 238 valence electrons. The van der Waals surface area contributed by atoms with Gasteiger partial charge in [-0.25, -0.2) is 15.0 Å². The van der Waals surface area contributed by atoms with Gasteiger partial charge >= 0.3 is 0 Å². The lowest BCUT2D eigenvalue weighted by molar-refractivity contribution is 0.669. The normalized spacial score (nSPS) is 11.5. The maximum absolute atomic E-state index is 6.42. The quantitative estimate of drug-likeness (QED) is 0.186. The highest BCUT2D eigenvalue weighted by molar-refractivity contribution is 6.20. The largest absolute Gasteiger partial charge is 0.456 e. The van der Waals surface area contributed by atoms with E-state index in [4.69, 9.17) is 19.4 Å². The summed E-state index contributed by atoms with van der Waals surface area (Å²) in [6.45, 7) is 0. The second-order valence-corrected chi connectivity index (χ2v) is 12.8. The number of hydrogen-bond donors (Lipinski definition) is 0. The van der Waals surface area contributed by atoms with Gasteiger partial charge in [-0.05, 0) is 74.1 Å². The molecule has 8 aromatic carbocycles. The third kappa shape index (κ3) is 5.04. The Morgan fingerprint density at radius 2 is 0.902 bits per heavy atom. The van der Waals surface area contributed by atoms with E-state index >= 15 is 0 Å². The molecule has 0 bridgehead atoms. The van der Waals surface area contributed by atoms with Crippen LogP contribution in [0.25, 0.3) is 99.9 Å². The van der Waals surface area contributed by atoms with Gasteiger partial charge in [-0.2, -0.15) is 0 Å². The van der Waals surface area contributed by atoms with Crippen LogP contribution in [0.15, 0.2) is 180 Å². The Morgan fingerprint density at radius 3 is 1.69 bits per heavy atom. The van der Waals surface area contributed by atoms with Crippen LogP contribution in [0.1, 0.15) is 0 Å². The molecule has 0 unspecified atom stereocenters. The summed E-state index contributed by atoms with van der Waals surface area (Å²) in [4.78, 5) is 15.6. The Morgan fingerprint density at radius 1 is 0.333 bits per heavy atom. The highest BCUT2D eigenvalue weighted by Crippen LogP contribution is 2.42. The van der Waals surface area contributed by atoms with Crippen LogP contribution in [0, 0.1) is 0 Å². The molecular weight excluding hydrogens is 623 g/mol. The Kier molecular flexibility index (Phi) is 6.78. The van der Waals surface area contributed by atoms with Gasteiger partial charge in [0.1, 0.15) is 11.2 Å². The number of benzene rings is 8. The van der Waals surface area contributed by atoms with Crippen molar-refractivity contribution in [1.82, 2.24) is 15.0 Å². The molecule has 51 heavy (non-hydrogen) atoms. The first-order valence-electron chi connectivity index (χ1n) is 17.1. The van der Waals surface area contributed by atoms with Gasteiger partial charge in [0.2, 0.25) is 0 Å². The van der Waals surface area contributed by atoms with Crippen molar-refractivity contribution in [3.63, 3.8) is 0 Å². The highest BCUT2D eigenvalue weighted by Gasteiger charge is 2.21. The molecule has 0 aliphatic heterocycles. The van der Waals surface area contributed by atoms with Crippen LogP contribution in [0.2, 0.25) is 0 Å². The molecule has 0 N–H and O–H groups in total. The zero-order chi connectivity index (χ0) is 33.7. The van der Waals surface area contributed by atoms with E-state index < -0.39 is 0 Å². The number of para-hydroxylation sites is 1. The molecular formula is C47H29N3O. The smallest absolute Gasteiger partial charge is 0.165 e. The van der Waals surface area contributed by atoms with E-state index in [2.05, 4.69) is 127 Å². The molecule has 0 atom stereocenters. The van der Waals surface area contributed by atoms with E-state index in [-0.39, 0.29) is 0 Å². The summed E-state index contributed by atoms with van der Waals surface area (Å²) < 4.78 is 6.42. The van der Waals surface area contributed by atoms with E-state index in [0.717, 1.165) is 60.5 Å². The highest BCUT2D eigenvalue weighted by atomic mass is 16.3. The lowest BCUT2D eigenvalue weighted by Gasteiger charge is -2.14. The first kappa shape index (κ1) is 29.0. The molecule has 0 spiro atoms. The summed E-state index contributed by atoms with van der Waals surface area (Å²) in [6, 6.07) is 61.1. The second kappa shape index (κ2) is 11.9. The Hall–Kier alpha value is -6.91. The van der Waals surface area contributed by atoms with Crippen LogP contribution in [0.5, 0.6) is 0 Å². The molecule has 2 aromatic heterocycles. The van der Waals surface area contributed by atoms with E-state index in [1.807, 2.05) is 48.5 Å². The first-order valence-corrected chi connectivity index (χ1v) is 17.1. The summed E-state index contributed by atoms with van der Waals surface area (Å²) in [5.74, 6) is 1.83. The average Bonchev–Trinajstić information content (AvgIpc) is 3.58. The Balaban J connectivity index is 1.22. The lowest BCUT2D eigenvalue weighted by Crippen LogP contribution is -2.01. The van der Waals surface area contributed by atoms with E-state index in [1.54, 1.807) is 0 Å². The molecule has 4 nitrogen and oxygen atoms in total. The van der Waals surface area contributed by atoms with Crippen LogP contribution in [0.4, 0.5) is 0 Å². The topological polar surface area (TPSA) is 51.8 Å². The van der Waals surface area contributed by atoms with E-state index in [1.165, 1.54) is 21.9 Å². The summed E-state index contributed by atoms with van der Waals surface area (Å²) in [5.41, 5.74) is 9.03. The van der Waals surface area contributed by atoms with E-state index in [9.17, 15) is 0 Å². The van der Waals surface area contributed by atoms with Gasteiger partial charge in [0.25, 0.3) is 0 Å². The Labute approximate surface area is 294 Å². The van der Waals surface area contributed by atoms with Crippen molar-refractivity contribution >= 4 is 43.5 Å². The van der Waals surface area contributed by atoms with Crippen molar-refractivity contribution in [3.8, 4) is 56.4 Å². The van der Waals surface area contributed by atoms with Gasteiger partial charge in [-0.3, -0.25) is 0 Å². The molecule has 0 fully saturated rings. The van der Waals surface area contributed by atoms with Crippen LogP contribution < -0.4 is 0 Å². The van der Waals surface area contributed by atoms with Gasteiger partial charge in [-0.15, -0.1) is 0 Å². The van der Waals surface area contributed by atoms with Gasteiger partial charge in [-0.1, -0.05) is 146 Å². The van der Waals surface area contributed by atoms with Crippen LogP contribution in [-0.4, -0.2) is 15.0 Å². The molecule has 10 rings (SSSR count). The van der Waals surface area contributed by atoms with Crippen molar-refractivity contribution in [3.05, 3.63) is 176 Å². The molecule has 10 aromatic rings. The third-order valence-corrected chi connectivity index (χ3v) is 9.68. The van der Waals surface area contributed by atoms with E-state index in [0.29, 0.717) is 17.5 Å². The van der Waals surface area contributed by atoms with Gasteiger partial charge in [0.15, 0.2) is 17.5 Å². The first-order chi connectivity index (χ1) is 25.3. The summed E-state index contributed by atoms with van der Waals surface area (Å²) in [7, 11) is 0. The van der Waals surface area contributed by atoms with Crippen molar-refractivity contribution in [2.45, 2.75) is 0 Å². The number of rotatable bonds is 5. The van der Waals surface area contributed by atoms with Crippen LogP contribution >= 0.6 is 0 Å². The van der Waals surface area contributed by atoms with Crippen molar-refractivity contribution in [1.29, 1.82) is 0 Å². The van der Waals surface area contributed by atoms with Gasteiger partial charge in [0, 0.05) is 27.5 Å². The maximum atomic E-state index is 6.42. The molecule has 4 heteroatoms. The third-order valence-electron chi connectivity index (χ3n) is 9.68. The number of nitrogens with zero attached hydrogens (tertiary/aromatic N) is 3. The summed E-state index contributed by atoms with van der Waals surface area (Å²) in [5, 5.41) is 6.54. The zero-order valence-electron chi connectivity index (χ0n) is 27.5. The molecule has 0 amide bonds. The molecule has 0 aliphatic rings. The van der Waals surface area contributed by atoms with Crippen molar-refractivity contribution in [2.75, 3.05) is 0 Å². The SMILES string of the molecule is c1ccc(-c2cc(-c3cccc(-c4nc(-c5ccccc5)nc(-c5c6ccccc6cc6oc7ccccc7c56)n4)c3)c3ccccc3c2)cc1. The predicted molar refractivity (Wildman–Crippen MR) is 209 cm³/mol. The molecule has 2 heterocycles. The minimum absolute atomic E-state index is 0.606. The minimum atomic E-state index is 0.606. The summed E-state index contributed by atoms with van der Waals surface area (Å²) in [6.07, 6.45) is 0. The number of hydrogen-bond acceptors (Lipinski definition) is 4. The van der Waals surface area contributed by atoms with Crippen LogP contribution in [-0.2, 0) is 0 Å². The second-order valence-electron chi connectivity index (χ2n) is 12.8. The minimum Gasteiger partial charge on any atom is -0.456 e. The lowest BCUT2D eigenvalue weighted by atomic mass is 9.92. The average molecular weight is 652 g/mol. The number of furan rings is 1. The van der Waals surface area contributed by atoms with Crippen molar-refractivity contribution < 1.29 is 4.42 Å².